The molecule has 0 aliphatic carbocycles. The maximum atomic E-state index is 11.6. The van der Waals surface area contributed by atoms with Gasteiger partial charge in [-0.15, -0.1) is 0 Å². The molecule has 1 heterocycles. The second-order valence-electron chi connectivity index (χ2n) is 9.83. The first kappa shape index (κ1) is 26.0. The first-order valence-corrected chi connectivity index (χ1v) is 13.7. The van der Waals surface area contributed by atoms with Gasteiger partial charge < -0.3 is 10.3 Å². The molecule has 0 aliphatic rings. The minimum Gasteiger partial charge on any atom is -0.333 e. The zero-order valence-electron chi connectivity index (χ0n) is 21.7. The third-order valence-corrected chi connectivity index (χ3v) is 7.54. The van der Waals surface area contributed by atoms with Crippen molar-refractivity contribution in [2.75, 3.05) is 6.54 Å². The summed E-state index contributed by atoms with van der Waals surface area (Å²) >= 11 is 6.55. The van der Waals surface area contributed by atoms with Crippen molar-refractivity contribution < 1.29 is 4.79 Å². The second kappa shape index (κ2) is 11.8. The number of ketones is 1. The summed E-state index contributed by atoms with van der Waals surface area (Å²) in [5.74, 6) is 0.0963. The molecular formula is C34H33ClN2O. The van der Waals surface area contributed by atoms with Gasteiger partial charge in [0.2, 0.25) is 0 Å². The van der Waals surface area contributed by atoms with Gasteiger partial charge in [-0.3, -0.25) is 4.79 Å². The van der Waals surface area contributed by atoms with Crippen LogP contribution in [0.5, 0.6) is 0 Å². The molecule has 5 rings (SSSR count). The van der Waals surface area contributed by atoms with Gasteiger partial charge in [0.25, 0.3) is 0 Å². The Hall–Kier alpha value is -3.66. The Labute approximate surface area is 229 Å². The smallest absolute Gasteiger partial charge is 0.159 e. The SMILES string of the molecule is CC(=O)c1ccc(CCCc2c(CCN)n(C(c3ccccc3)c3ccccc3)c3ccc(Cl)cc23)cc1. The number of benzene rings is 4. The van der Waals surface area contributed by atoms with Crippen LogP contribution in [0.2, 0.25) is 5.02 Å². The lowest BCUT2D eigenvalue weighted by Crippen LogP contribution is -2.18. The highest BCUT2D eigenvalue weighted by atomic mass is 35.5. The Morgan fingerprint density at radius 3 is 2.03 bits per heavy atom. The third kappa shape index (κ3) is 5.45. The summed E-state index contributed by atoms with van der Waals surface area (Å²) in [4.78, 5) is 11.6. The van der Waals surface area contributed by atoms with E-state index in [2.05, 4.69) is 89.5 Å². The molecule has 192 valence electrons. The molecule has 0 saturated carbocycles. The fourth-order valence-electron chi connectivity index (χ4n) is 5.52. The van der Waals surface area contributed by atoms with E-state index in [0.717, 1.165) is 36.3 Å². The number of hydrogen-bond donors (Lipinski definition) is 1. The molecule has 0 fully saturated rings. The number of aromatic nitrogens is 1. The minimum atomic E-state index is 0.0236. The summed E-state index contributed by atoms with van der Waals surface area (Å²) in [7, 11) is 0. The summed E-state index contributed by atoms with van der Waals surface area (Å²) in [6.07, 6.45) is 3.63. The molecule has 1 aromatic heterocycles. The Morgan fingerprint density at radius 1 is 0.816 bits per heavy atom. The van der Waals surface area contributed by atoms with Crippen molar-refractivity contribution in [3.8, 4) is 0 Å². The highest BCUT2D eigenvalue weighted by Crippen LogP contribution is 2.38. The Bertz CT molecular complexity index is 1480. The number of nitrogens with two attached hydrogens (primary N) is 1. The van der Waals surface area contributed by atoms with E-state index in [1.165, 1.54) is 38.9 Å². The number of nitrogens with zero attached hydrogens (tertiary/aromatic N) is 1. The van der Waals surface area contributed by atoms with Gasteiger partial charge in [-0.2, -0.15) is 0 Å². The Kier molecular flexibility index (Phi) is 8.07. The lowest BCUT2D eigenvalue weighted by molar-refractivity contribution is 0.101. The molecule has 0 radical (unpaired) electrons. The average Bonchev–Trinajstić information content (AvgIpc) is 3.22. The zero-order chi connectivity index (χ0) is 26.5. The van der Waals surface area contributed by atoms with E-state index in [1.54, 1.807) is 6.92 Å². The molecule has 2 N–H and O–H groups in total. The predicted molar refractivity (Wildman–Crippen MR) is 158 cm³/mol. The molecule has 4 aromatic carbocycles. The van der Waals surface area contributed by atoms with E-state index in [9.17, 15) is 4.79 Å². The van der Waals surface area contributed by atoms with Crippen molar-refractivity contribution >= 4 is 28.3 Å². The molecule has 5 aromatic rings. The predicted octanol–water partition coefficient (Wildman–Crippen LogP) is 7.81. The molecule has 0 saturated heterocycles. The number of Topliss-reactive ketones (excluding diaryl/α,β-unsaturated/α-hetero) is 1. The average molecular weight is 521 g/mol. The molecule has 0 bridgehead atoms. The fraction of sp³-hybridized carbons (Fsp3) is 0.206. The number of aryl methyl sites for hydroxylation is 2. The van der Waals surface area contributed by atoms with Gasteiger partial charge in [0.15, 0.2) is 5.78 Å². The number of hydrogen-bond acceptors (Lipinski definition) is 2. The molecule has 0 unspecified atom stereocenters. The molecule has 0 atom stereocenters. The maximum Gasteiger partial charge on any atom is 0.159 e. The zero-order valence-corrected chi connectivity index (χ0v) is 22.5. The largest absolute Gasteiger partial charge is 0.333 e. The van der Waals surface area contributed by atoms with Crippen LogP contribution in [0.4, 0.5) is 0 Å². The Balaban J connectivity index is 1.59. The molecule has 0 amide bonds. The first-order valence-electron chi connectivity index (χ1n) is 13.3. The van der Waals surface area contributed by atoms with Gasteiger partial charge in [0.05, 0.1) is 6.04 Å². The van der Waals surface area contributed by atoms with Gasteiger partial charge in [-0.25, -0.2) is 0 Å². The van der Waals surface area contributed by atoms with Crippen LogP contribution in [-0.4, -0.2) is 16.9 Å². The van der Waals surface area contributed by atoms with Gasteiger partial charge in [0.1, 0.15) is 0 Å². The normalized spacial score (nSPS) is 11.4. The summed E-state index contributed by atoms with van der Waals surface area (Å²) in [6.45, 7) is 2.17. The fourth-order valence-corrected chi connectivity index (χ4v) is 5.70. The highest BCUT2D eigenvalue weighted by Gasteiger charge is 2.25. The van der Waals surface area contributed by atoms with Gasteiger partial charge >= 0.3 is 0 Å². The van der Waals surface area contributed by atoms with Crippen LogP contribution in [0.1, 0.15) is 57.7 Å². The molecular weight excluding hydrogens is 488 g/mol. The monoisotopic (exact) mass is 520 g/mol. The van der Waals surface area contributed by atoms with Gasteiger partial charge in [0, 0.05) is 33.6 Å². The number of rotatable bonds is 10. The number of halogens is 1. The van der Waals surface area contributed by atoms with E-state index in [4.69, 9.17) is 17.3 Å². The quantitative estimate of drug-likeness (QED) is 0.191. The molecule has 0 aliphatic heterocycles. The van der Waals surface area contributed by atoms with Crippen LogP contribution in [0.15, 0.2) is 103 Å². The summed E-state index contributed by atoms with van der Waals surface area (Å²) in [5.41, 5.74) is 14.5. The van der Waals surface area contributed by atoms with Crippen LogP contribution in [0, 0.1) is 0 Å². The summed E-state index contributed by atoms with van der Waals surface area (Å²) in [6, 6.07) is 35.6. The number of carbonyl (C=O) groups is 1. The molecule has 0 spiro atoms. The third-order valence-electron chi connectivity index (χ3n) is 7.31. The van der Waals surface area contributed by atoms with Crippen molar-refractivity contribution in [3.05, 3.63) is 142 Å². The van der Waals surface area contributed by atoms with Crippen LogP contribution in [0.25, 0.3) is 10.9 Å². The lowest BCUT2D eigenvalue weighted by Gasteiger charge is -2.25. The number of fused-ring (bicyclic) bond motifs is 1. The van der Waals surface area contributed by atoms with Crippen LogP contribution in [-0.2, 0) is 19.3 Å². The van der Waals surface area contributed by atoms with Crippen molar-refractivity contribution in [1.29, 1.82) is 0 Å². The Morgan fingerprint density at radius 2 is 1.45 bits per heavy atom. The minimum absolute atomic E-state index is 0.0236. The molecule has 4 heteroatoms. The number of carbonyl (C=O) groups excluding carboxylic acids is 1. The van der Waals surface area contributed by atoms with E-state index in [-0.39, 0.29) is 11.8 Å². The van der Waals surface area contributed by atoms with E-state index in [1.807, 2.05) is 18.2 Å². The highest BCUT2D eigenvalue weighted by molar-refractivity contribution is 6.31. The van der Waals surface area contributed by atoms with Crippen LogP contribution in [0.3, 0.4) is 0 Å². The second-order valence-corrected chi connectivity index (χ2v) is 10.3. The van der Waals surface area contributed by atoms with Gasteiger partial charge in [-0.1, -0.05) is 96.5 Å². The van der Waals surface area contributed by atoms with Gasteiger partial charge in [-0.05, 0) is 73.2 Å². The summed E-state index contributed by atoms with van der Waals surface area (Å²) < 4.78 is 2.49. The molecule has 3 nitrogen and oxygen atoms in total. The summed E-state index contributed by atoms with van der Waals surface area (Å²) in [5, 5.41) is 1.94. The van der Waals surface area contributed by atoms with Crippen molar-refractivity contribution in [2.24, 2.45) is 5.73 Å². The standard InChI is InChI=1S/C34H33ClN2O/c1-24(38)26-17-15-25(16-18-26)9-8-14-30-31-23-29(35)19-20-32(31)37(33(30)21-22-36)34(27-10-4-2-5-11-27)28-12-6-3-7-13-28/h2-7,10-13,15-20,23,34H,8-9,14,21-22,36H2,1H3. The van der Waals surface area contributed by atoms with Crippen LogP contribution < -0.4 is 5.73 Å². The van der Waals surface area contributed by atoms with Crippen LogP contribution >= 0.6 is 11.6 Å². The maximum absolute atomic E-state index is 11.6. The van der Waals surface area contributed by atoms with Crippen molar-refractivity contribution in [3.63, 3.8) is 0 Å². The van der Waals surface area contributed by atoms with E-state index in [0.29, 0.717) is 6.54 Å². The van der Waals surface area contributed by atoms with E-state index >= 15 is 0 Å². The molecule has 38 heavy (non-hydrogen) atoms. The lowest BCUT2D eigenvalue weighted by atomic mass is 9.97. The van der Waals surface area contributed by atoms with Crippen molar-refractivity contribution in [2.45, 2.75) is 38.6 Å². The first-order chi connectivity index (χ1) is 18.6. The van der Waals surface area contributed by atoms with Crippen molar-refractivity contribution in [1.82, 2.24) is 4.57 Å². The van der Waals surface area contributed by atoms with E-state index < -0.39 is 0 Å². The topological polar surface area (TPSA) is 48.0 Å².